The molecule has 1 unspecified atom stereocenters. The molecule has 0 saturated carbocycles. The summed E-state index contributed by atoms with van der Waals surface area (Å²) in [6.45, 7) is 4.09. The quantitative estimate of drug-likeness (QED) is 0.672. The van der Waals surface area contributed by atoms with Crippen LogP contribution in [0.3, 0.4) is 0 Å². The zero-order valence-electron chi connectivity index (χ0n) is 10.7. The molecule has 0 aliphatic heterocycles. The number of anilines is 1. The minimum Gasteiger partial charge on any atom is -0.378 e. The summed E-state index contributed by atoms with van der Waals surface area (Å²) in [6.07, 6.45) is 0. The average Bonchev–Trinajstić information content (AvgIpc) is 2.36. The van der Waals surface area contributed by atoms with Gasteiger partial charge in [-0.05, 0) is 43.2 Å². The fraction of sp³-hybridized carbons (Fsp3) is 0.200. The van der Waals surface area contributed by atoms with E-state index in [0.717, 1.165) is 11.3 Å². The lowest BCUT2D eigenvalue weighted by Gasteiger charge is -2.18. The van der Waals surface area contributed by atoms with Crippen molar-refractivity contribution in [2.75, 3.05) is 5.32 Å². The topological polar surface area (TPSA) is 12.0 Å². The van der Waals surface area contributed by atoms with E-state index in [4.69, 9.17) is 34.8 Å². The highest BCUT2D eigenvalue weighted by Crippen LogP contribution is 2.36. The molecule has 0 bridgehead atoms. The molecule has 1 N–H and O–H groups in total. The van der Waals surface area contributed by atoms with Crippen molar-refractivity contribution in [1.29, 1.82) is 0 Å². The zero-order chi connectivity index (χ0) is 14.0. The van der Waals surface area contributed by atoms with Crippen molar-refractivity contribution in [2.24, 2.45) is 0 Å². The first-order valence-electron chi connectivity index (χ1n) is 5.95. The molecule has 2 aromatic carbocycles. The van der Waals surface area contributed by atoms with Crippen molar-refractivity contribution in [1.82, 2.24) is 0 Å². The van der Waals surface area contributed by atoms with Crippen LogP contribution in [0, 0.1) is 6.92 Å². The minimum atomic E-state index is 0.0454. The summed E-state index contributed by atoms with van der Waals surface area (Å²) < 4.78 is 0. The molecule has 100 valence electrons. The molecule has 0 amide bonds. The highest BCUT2D eigenvalue weighted by molar-refractivity contribution is 6.48. The molecule has 2 aromatic rings. The Kier molecular flexibility index (Phi) is 4.62. The smallest absolute Gasteiger partial charge is 0.0782 e. The van der Waals surface area contributed by atoms with Gasteiger partial charge in [0.2, 0.25) is 0 Å². The summed E-state index contributed by atoms with van der Waals surface area (Å²) in [6, 6.07) is 11.9. The van der Waals surface area contributed by atoms with Gasteiger partial charge in [0.25, 0.3) is 0 Å². The first-order chi connectivity index (χ1) is 8.99. The van der Waals surface area contributed by atoms with Crippen LogP contribution >= 0.6 is 34.8 Å². The van der Waals surface area contributed by atoms with E-state index >= 15 is 0 Å². The van der Waals surface area contributed by atoms with Gasteiger partial charge in [-0.2, -0.15) is 0 Å². The third kappa shape index (κ3) is 3.36. The largest absolute Gasteiger partial charge is 0.378 e. The molecule has 19 heavy (non-hydrogen) atoms. The molecule has 0 aromatic heterocycles. The van der Waals surface area contributed by atoms with Crippen LogP contribution in [-0.2, 0) is 0 Å². The van der Waals surface area contributed by atoms with Crippen LogP contribution in [0.4, 0.5) is 5.69 Å². The zero-order valence-corrected chi connectivity index (χ0v) is 12.9. The van der Waals surface area contributed by atoms with Crippen LogP contribution < -0.4 is 5.32 Å². The summed E-state index contributed by atoms with van der Waals surface area (Å²) in [5.41, 5.74) is 3.18. The summed E-state index contributed by atoms with van der Waals surface area (Å²) in [5.74, 6) is 0. The normalized spacial score (nSPS) is 12.3. The van der Waals surface area contributed by atoms with Gasteiger partial charge in [-0.1, -0.05) is 53.0 Å². The van der Waals surface area contributed by atoms with E-state index in [0.29, 0.717) is 15.1 Å². The van der Waals surface area contributed by atoms with Crippen LogP contribution in [-0.4, -0.2) is 0 Å². The Balaban J connectivity index is 2.25. The second kappa shape index (κ2) is 6.04. The van der Waals surface area contributed by atoms with E-state index in [-0.39, 0.29) is 6.04 Å². The van der Waals surface area contributed by atoms with E-state index in [1.165, 1.54) is 5.56 Å². The first-order valence-corrected chi connectivity index (χ1v) is 7.09. The van der Waals surface area contributed by atoms with Gasteiger partial charge in [0.15, 0.2) is 0 Å². The predicted octanol–water partition coefficient (Wildman–Crippen LogP) is 6.13. The molecule has 0 heterocycles. The second-order valence-electron chi connectivity index (χ2n) is 4.50. The molecule has 2 rings (SSSR count). The molecule has 0 aliphatic carbocycles. The van der Waals surface area contributed by atoms with E-state index in [1.54, 1.807) is 6.07 Å². The van der Waals surface area contributed by atoms with Gasteiger partial charge < -0.3 is 5.32 Å². The number of benzene rings is 2. The maximum Gasteiger partial charge on any atom is 0.0782 e. The Labute approximate surface area is 128 Å². The van der Waals surface area contributed by atoms with Crippen molar-refractivity contribution in [3.63, 3.8) is 0 Å². The van der Waals surface area contributed by atoms with Crippen molar-refractivity contribution >= 4 is 40.5 Å². The van der Waals surface area contributed by atoms with Crippen LogP contribution in [0.5, 0.6) is 0 Å². The van der Waals surface area contributed by atoms with Gasteiger partial charge in [-0.15, -0.1) is 0 Å². The third-order valence-electron chi connectivity index (χ3n) is 2.93. The molecule has 0 spiro atoms. The van der Waals surface area contributed by atoms with Gasteiger partial charge in [-0.25, -0.2) is 0 Å². The van der Waals surface area contributed by atoms with E-state index < -0.39 is 0 Å². The van der Waals surface area contributed by atoms with Crippen molar-refractivity contribution < 1.29 is 0 Å². The molecule has 0 radical (unpaired) electrons. The molecule has 4 heteroatoms. The first kappa shape index (κ1) is 14.5. The van der Waals surface area contributed by atoms with Crippen molar-refractivity contribution in [3.8, 4) is 0 Å². The lowest BCUT2D eigenvalue weighted by molar-refractivity contribution is 0.885. The number of hydrogen-bond acceptors (Lipinski definition) is 1. The molecule has 0 aliphatic rings. The van der Waals surface area contributed by atoms with Crippen molar-refractivity contribution in [2.45, 2.75) is 19.9 Å². The Morgan fingerprint density at radius 1 is 1.00 bits per heavy atom. The summed E-state index contributed by atoms with van der Waals surface area (Å²) in [7, 11) is 0. The molecule has 1 atom stereocenters. The van der Waals surface area contributed by atoms with E-state index in [1.807, 2.05) is 25.1 Å². The third-order valence-corrected chi connectivity index (χ3v) is 4.24. The Hall–Kier alpha value is -0.890. The number of nitrogens with one attached hydrogen (secondary N) is 1. The maximum atomic E-state index is 6.23. The van der Waals surface area contributed by atoms with Crippen LogP contribution in [0.15, 0.2) is 36.4 Å². The second-order valence-corrected chi connectivity index (χ2v) is 5.66. The van der Waals surface area contributed by atoms with E-state index in [9.17, 15) is 0 Å². The Bertz CT molecular complexity index is 596. The van der Waals surface area contributed by atoms with Gasteiger partial charge in [0.05, 0.1) is 21.1 Å². The van der Waals surface area contributed by atoms with Gasteiger partial charge in [0.1, 0.15) is 0 Å². The van der Waals surface area contributed by atoms with E-state index in [2.05, 4.69) is 24.4 Å². The number of aryl methyl sites for hydroxylation is 1. The van der Waals surface area contributed by atoms with Crippen LogP contribution in [0.2, 0.25) is 15.1 Å². The SMILES string of the molecule is Cc1cccc(NC(C)c2ccc(Cl)c(Cl)c2Cl)c1. The highest BCUT2D eigenvalue weighted by Gasteiger charge is 2.14. The summed E-state index contributed by atoms with van der Waals surface area (Å²) in [5, 5.41) is 4.77. The molecular formula is C15H14Cl3N. The summed E-state index contributed by atoms with van der Waals surface area (Å²) in [4.78, 5) is 0. The average molecular weight is 315 g/mol. The standard InChI is InChI=1S/C15H14Cl3N/c1-9-4-3-5-11(8-9)19-10(2)12-6-7-13(16)15(18)14(12)17/h3-8,10,19H,1-2H3. The maximum absolute atomic E-state index is 6.23. The molecular weight excluding hydrogens is 301 g/mol. The lowest BCUT2D eigenvalue weighted by Crippen LogP contribution is -2.07. The molecule has 1 nitrogen and oxygen atoms in total. The Morgan fingerprint density at radius 3 is 2.42 bits per heavy atom. The predicted molar refractivity (Wildman–Crippen MR) is 84.7 cm³/mol. The molecule has 0 saturated heterocycles. The van der Waals surface area contributed by atoms with Gasteiger partial charge >= 0.3 is 0 Å². The summed E-state index contributed by atoms with van der Waals surface area (Å²) >= 11 is 18.2. The fourth-order valence-electron chi connectivity index (χ4n) is 1.94. The highest BCUT2D eigenvalue weighted by atomic mass is 35.5. The number of halogens is 3. The monoisotopic (exact) mass is 313 g/mol. The lowest BCUT2D eigenvalue weighted by atomic mass is 10.1. The Morgan fingerprint density at radius 2 is 1.74 bits per heavy atom. The van der Waals surface area contributed by atoms with Gasteiger partial charge in [-0.3, -0.25) is 0 Å². The van der Waals surface area contributed by atoms with Crippen molar-refractivity contribution in [3.05, 3.63) is 62.6 Å². The van der Waals surface area contributed by atoms with Gasteiger partial charge in [0, 0.05) is 5.69 Å². The van der Waals surface area contributed by atoms with Crippen LogP contribution in [0.25, 0.3) is 0 Å². The number of hydrogen-bond donors (Lipinski definition) is 1. The minimum absolute atomic E-state index is 0.0454. The fourth-order valence-corrected chi connectivity index (χ4v) is 2.64. The molecule has 0 fully saturated rings. The number of rotatable bonds is 3. The van der Waals surface area contributed by atoms with Crippen LogP contribution in [0.1, 0.15) is 24.1 Å².